The van der Waals surface area contributed by atoms with E-state index in [2.05, 4.69) is 60.3 Å². The first-order chi connectivity index (χ1) is 14.2. The molecule has 0 aliphatic carbocycles. The molecule has 2 rings (SSSR count). The molecule has 166 valence electrons. The highest BCUT2D eigenvalue weighted by molar-refractivity contribution is 5.48. The van der Waals surface area contributed by atoms with E-state index in [0.717, 1.165) is 64.8 Å². The van der Waals surface area contributed by atoms with E-state index in [1.54, 1.807) is 0 Å². The molecule has 0 aromatic heterocycles. The van der Waals surface area contributed by atoms with Crippen molar-refractivity contribution in [3.05, 3.63) is 29.8 Å². The van der Waals surface area contributed by atoms with Crippen LogP contribution in [0.3, 0.4) is 0 Å². The minimum absolute atomic E-state index is 0.876. The summed E-state index contributed by atoms with van der Waals surface area (Å²) < 4.78 is 5.83. The largest absolute Gasteiger partial charge is 0.381 e. The number of hydrogen-bond acceptors (Lipinski definition) is 4. The van der Waals surface area contributed by atoms with Gasteiger partial charge in [0.2, 0.25) is 0 Å². The van der Waals surface area contributed by atoms with Crippen LogP contribution in [0.2, 0.25) is 0 Å². The molecule has 0 bridgehead atoms. The van der Waals surface area contributed by atoms with Crippen LogP contribution in [0, 0.1) is 5.92 Å². The summed E-state index contributed by atoms with van der Waals surface area (Å²) >= 11 is 0. The van der Waals surface area contributed by atoms with E-state index in [9.17, 15) is 0 Å². The molecule has 4 nitrogen and oxygen atoms in total. The fraction of sp³-hybridized carbons (Fsp3) is 0.760. The van der Waals surface area contributed by atoms with Crippen LogP contribution in [-0.2, 0) is 11.3 Å². The van der Waals surface area contributed by atoms with Crippen molar-refractivity contribution in [3.8, 4) is 0 Å². The van der Waals surface area contributed by atoms with Gasteiger partial charge in [-0.3, -0.25) is 0 Å². The molecule has 0 radical (unpaired) electrons. The summed E-state index contributed by atoms with van der Waals surface area (Å²) in [5, 5.41) is 3.55. The number of unbranched alkanes of at least 4 members (excludes halogenated alkanes) is 1. The Morgan fingerprint density at radius 1 is 0.931 bits per heavy atom. The molecule has 1 aliphatic rings. The smallest absolute Gasteiger partial charge is 0.0478 e. The van der Waals surface area contributed by atoms with E-state index in [1.807, 2.05) is 0 Å². The molecule has 1 aromatic carbocycles. The second-order valence-corrected chi connectivity index (χ2v) is 8.66. The lowest BCUT2D eigenvalue weighted by Crippen LogP contribution is -2.44. The van der Waals surface area contributed by atoms with Gasteiger partial charge in [-0.1, -0.05) is 51.7 Å². The van der Waals surface area contributed by atoms with Crippen LogP contribution >= 0.6 is 0 Å². The molecule has 1 fully saturated rings. The highest BCUT2D eigenvalue weighted by Gasteiger charge is 2.13. The van der Waals surface area contributed by atoms with Gasteiger partial charge in [-0.2, -0.15) is 0 Å². The molecule has 29 heavy (non-hydrogen) atoms. The maximum atomic E-state index is 5.83. The first kappa shape index (κ1) is 24.2. The van der Waals surface area contributed by atoms with Crippen LogP contribution in [-0.4, -0.2) is 57.9 Å². The Balaban J connectivity index is 1.47. The summed E-state index contributed by atoms with van der Waals surface area (Å²) in [5.41, 5.74) is 2.72. The highest BCUT2D eigenvalue weighted by Crippen LogP contribution is 2.18. The fourth-order valence-electron chi connectivity index (χ4n) is 4.04. The maximum Gasteiger partial charge on any atom is 0.0478 e. The predicted octanol–water partition coefficient (Wildman–Crippen LogP) is 4.93. The van der Waals surface area contributed by atoms with Crippen LogP contribution in [0.15, 0.2) is 24.3 Å². The number of anilines is 1. The monoisotopic (exact) mass is 403 g/mol. The number of hydrogen-bond donors (Lipinski definition) is 1. The van der Waals surface area contributed by atoms with Crippen LogP contribution in [0.25, 0.3) is 0 Å². The zero-order valence-corrected chi connectivity index (χ0v) is 19.3. The number of likely N-dealkylation sites (N-methyl/N-ethyl adjacent to an activating group) is 1. The van der Waals surface area contributed by atoms with Crippen molar-refractivity contribution in [3.63, 3.8) is 0 Å². The van der Waals surface area contributed by atoms with E-state index < -0.39 is 0 Å². The maximum absolute atomic E-state index is 5.83. The Kier molecular flexibility index (Phi) is 12.3. The van der Waals surface area contributed by atoms with Gasteiger partial charge in [-0.25, -0.2) is 0 Å². The van der Waals surface area contributed by atoms with E-state index >= 15 is 0 Å². The number of rotatable bonds is 15. The number of piperazine rings is 1. The lowest BCUT2D eigenvalue weighted by molar-refractivity contribution is 0.123. The second kappa shape index (κ2) is 14.8. The van der Waals surface area contributed by atoms with Gasteiger partial charge in [0.1, 0.15) is 0 Å². The summed E-state index contributed by atoms with van der Waals surface area (Å²) in [6.45, 7) is 13.0. The zero-order chi connectivity index (χ0) is 20.7. The molecule has 1 aromatic rings. The summed E-state index contributed by atoms with van der Waals surface area (Å²) in [5.74, 6) is 0.905. The van der Waals surface area contributed by atoms with Crippen LogP contribution in [0.5, 0.6) is 0 Å². The lowest BCUT2D eigenvalue weighted by atomic mass is 9.94. The first-order valence-electron chi connectivity index (χ1n) is 12.0. The van der Waals surface area contributed by atoms with Gasteiger partial charge in [0.25, 0.3) is 0 Å². The Bertz CT molecular complexity index is 511. The average molecular weight is 404 g/mol. The quantitative estimate of drug-likeness (QED) is 0.420. The van der Waals surface area contributed by atoms with Crippen molar-refractivity contribution >= 4 is 5.69 Å². The number of nitrogens with one attached hydrogen (secondary N) is 1. The van der Waals surface area contributed by atoms with Gasteiger partial charge in [-0.05, 0) is 56.5 Å². The van der Waals surface area contributed by atoms with Crippen molar-refractivity contribution < 1.29 is 4.74 Å². The van der Waals surface area contributed by atoms with E-state index in [4.69, 9.17) is 4.74 Å². The van der Waals surface area contributed by atoms with Crippen molar-refractivity contribution in [2.75, 3.05) is 57.9 Å². The Morgan fingerprint density at radius 2 is 1.62 bits per heavy atom. The summed E-state index contributed by atoms with van der Waals surface area (Å²) in [4.78, 5) is 4.88. The molecule has 1 saturated heterocycles. The molecular formula is C25H45N3O. The van der Waals surface area contributed by atoms with Gasteiger partial charge in [0.05, 0.1) is 0 Å². The van der Waals surface area contributed by atoms with Gasteiger partial charge in [0.15, 0.2) is 0 Å². The number of benzene rings is 1. The van der Waals surface area contributed by atoms with Crippen LogP contribution in [0.4, 0.5) is 5.69 Å². The van der Waals surface area contributed by atoms with E-state index in [-0.39, 0.29) is 0 Å². The summed E-state index contributed by atoms with van der Waals surface area (Å²) in [6, 6.07) is 9.07. The average Bonchev–Trinajstić information content (AvgIpc) is 2.75. The normalized spacial score (nSPS) is 16.3. The number of ether oxygens (including phenoxy) is 1. The summed E-state index contributed by atoms with van der Waals surface area (Å²) in [7, 11) is 2.20. The SMILES string of the molecule is CCCCC(CC)CCCOCCCNCc1ccc(N2CCN(C)CC2)cc1. The molecule has 1 heterocycles. The topological polar surface area (TPSA) is 27.7 Å². The molecule has 1 aliphatic heterocycles. The summed E-state index contributed by atoms with van der Waals surface area (Å²) in [6.07, 6.45) is 9.05. The van der Waals surface area contributed by atoms with Gasteiger partial charge in [-0.15, -0.1) is 0 Å². The fourth-order valence-corrected chi connectivity index (χ4v) is 4.04. The van der Waals surface area contributed by atoms with E-state index in [0.29, 0.717) is 0 Å². The van der Waals surface area contributed by atoms with Crippen molar-refractivity contribution in [1.82, 2.24) is 10.2 Å². The standard InChI is InChI=1S/C25H45N3O/c1-4-6-9-23(5-2)10-7-20-29-21-8-15-26-22-24-11-13-25(14-12-24)28-18-16-27(3)17-19-28/h11-14,23,26H,4-10,15-22H2,1-3H3. The lowest BCUT2D eigenvalue weighted by Gasteiger charge is -2.34. The van der Waals surface area contributed by atoms with Crippen molar-refractivity contribution in [1.29, 1.82) is 0 Å². The van der Waals surface area contributed by atoms with Crippen molar-refractivity contribution in [2.45, 2.75) is 65.3 Å². The Hall–Kier alpha value is -1.10. The molecule has 1 unspecified atom stereocenters. The van der Waals surface area contributed by atoms with Gasteiger partial charge in [0, 0.05) is 51.6 Å². The third-order valence-electron chi connectivity index (χ3n) is 6.22. The van der Waals surface area contributed by atoms with Gasteiger partial charge < -0.3 is 19.9 Å². The van der Waals surface area contributed by atoms with Crippen LogP contribution < -0.4 is 10.2 Å². The first-order valence-corrected chi connectivity index (χ1v) is 12.0. The third-order valence-corrected chi connectivity index (χ3v) is 6.22. The molecule has 0 amide bonds. The minimum atomic E-state index is 0.876. The Morgan fingerprint density at radius 3 is 2.31 bits per heavy atom. The van der Waals surface area contributed by atoms with Gasteiger partial charge >= 0.3 is 0 Å². The third kappa shape index (κ3) is 9.97. The second-order valence-electron chi connectivity index (χ2n) is 8.66. The molecular weight excluding hydrogens is 358 g/mol. The highest BCUT2D eigenvalue weighted by atomic mass is 16.5. The zero-order valence-electron chi connectivity index (χ0n) is 19.3. The van der Waals surface area contributed by atoms with Crippen molar-refractivity contribution in [2.24, 2.45) is 5.92 Å². The molecule has 1 atom stereocenters. The molecule has 0 spiro atoms. The molecule has 0 saturated carbocycles. The molecule has 1 N–H and O–H groups in total. The minimum Gasteiger partial charge on any atom is -0.381 e. The molecule has 4 heteroatoms. The van der Waals surface area contributed by atoms with E-state index in [1.165, 1.54) is 49.8 Å². The Labute approximate surface area is 180 Å². The van der Waals surface area contributed by atoms with Crippen LogP contribution in [0.1, 0.15) is 64.4 Å². The predicted molar refractivity (Wildman–Crippen MR) is 126 cm³/mol. The number of nitrogens with zero attached hydrogens (tertiary/aromatic N) is 2.